The number of amides is 1. The summed E-state index contributed by atoms with van der Waals surface area (Å²) < 4.78 is 0.949. The summed E-state index contributed by atoms with van der Waals surface area (Å²) in [5.41, 5.74) is 0.909. The predicted octanol–water partition coefficient (Wildman–Crippen LogP) is 3.27. The molecule has 0 aliphatic carbocycles. The number of anilines is 1. The molecule has 0 fully saturated rings. The Bertz CT molecular complexity index is 380. The molecule has 1 atom stereocenters. The highest BCUT2D eigenvalue weighted by Gasteiger charge is 2.26. The Kier molecular flexibility index (Phi) is 2.83. The van der Waals surface area contributed by atoms with E-state index >= 15 is 0 Å². The average molecular weight is 272 g/mol. The van der Waals surface area contributed by atoms with Crippen LogP contribution in [-0.2, 0) is 4.79 Å². The predicted molar refractivity (Wildman–Crippen MR) is 62.7 cm³/mol. The number of carbonyl (C=O) groups excluding carboxylic acids is 1. The zero-order valence-corrected chi connectivity index (χ0v) is 10.1. The Morgan fingerprint density at radius 1 is 1.57 bits per heavy atom. The van der Waals surface area contributed by atoms with Crippen LogP contribution in [0.25, 0.3) is 0 Å². The van der Waals surface area contributed by atoms with Crippen LogP contribution in [0.3, 0.4) is 0 Å². The lowest BCUT2D eigenvalue weighted by atomic mass is 10.2. The molecule has 74 valence electrons. The van der Waals surface area contributed by atoms with Crippen LogP contribution >= 0.6 is 27.7 Å². The maximum Gasteiger partial charge on any atom is 0.237 e. The van der Waals surface area contributed by atoms with Crippen molar-refractivity contribution in [3.8, 4) is 0 Å². The molecular weight excluding hydrogens is 262 g/mol. The lowest BCUT2D eigenvalue weighted by Crippen LogP contribution is -2.28. The Morgan fingerprint density at radius 2 is 2.36 bits per heavy atom. The van der Waals surface area contributed by atoms with Gasteiger partial charge in [-0.3, -0.25) is 4.79 Å². The van der Waals surface area contributed by atoms with Gasteiger partial charge in [0.15, 0.2) is 0 Å². The lowest BCUT2D eigenvalue weighted by molar-refractivity contribution is -0.115. The summed E-state index contributed by atoms with van der Waals surface area (Å²) in [5, 5.41) is 2.98. The van der Waals surface area contributed by atoms with Crippen LogP contribution in [0.4, 0.5) is 5.69 Å². The maximum atomic E-state index is 11.6. The van der Waals surface area contributed by atoms with Gasteiger partial charge in [-0.2, -0.15) is 0 Å². The van der Waals surface area contributed by atoms with E-state index in [2.05, 4.69) is 21.2 Å². The molecule has 0 radical (unpaired) electrons. The van der Waals surface area contributed by atoms with Crippen LogP contribution in [0, 0.1) is 0 Å². The molecule has 0 saturated carbocycles. The number of hydrogen-bond donors (Lipinski definition) is 1. The van der Waals surface area contributed by atoms with Crippen molar-refractivity contribution in [3.05, 3.63) is 22.7 Å². The number of thioether (sulfide) groups is 1. The van der Waals surface area contributed by atoms with Gasteiger partial charge in [0.1, 0.15) is 0 Å². The zero-order chi connectivity index (χ0) is 10.1. The summed E-state index contributed by atoms with van der Waals surface area (Å²) in [6.07, 6.45) is 0.864. The van der Waals surface area contributed by atoms with Gasteiger partial charge >= 0.3 is 0 Å². The highest BCUT2D eigenvalue weighted by Crippen LogP contribution is 2.40. The normalized spacial score (nSPS) is 20.1. The largest absolute Gasteiger partial charge is 0.323 e. The second-order valence-electron chi connectivity index (χ2n) is 3.12. The van der Waals surface area contributed by atoms with Crippen LogP contribution in [0.15, 0.2) is 27.6 Å². The van der Waals surface area contributed by atoms with Gasteiger partial charge in [0.2, 0.25) is 5.91 Å². The Hall–Kier alpha value is -0.480. The van der Waals surface area contributed by atoms with Crippen LogP contribution in [-0.4, -0.2) is 11.2 Å². The molecule has 0 aromatic heterocycles. The van der Waals surface area contributed by atoms with E-state index in [-0.39, 0.29) is 11.2 Å². The number of carbonyl (C=O) groups is 1. The van der Waals surface area contributed by atoms with Gasteiger partial charge < -0.3 is 5.32 Å². The minimum Gasteiger partial charge on any atom is -0.323 e. The van der Waals surface area contributed by atoms with Gasteiger partial charge in [0.25, 0.3) is 0 Å². The van der Waals surface area contributed by atoms with E-state index in [4.69, 9.17) is 0 Å². The SMILES string of the molecule is CCC1Sc2cccc(Br)c2NC1=O. The Labute approximate surface area is 95.6 Å². The number of halogens is 1. The van der Waals surface area contributed by atoms with Crippen molar-refractivity contribution in [2.45, 2.75) is 23.5 Å². The van der Waals surface area contributed by atoms with Gasteiger partial charge in [-0.05, 0) is 34.5 Å². The van der Waals surface area contributed by atoms with Crippen LogP contribution in [0.1, 0.15) is 13.3 Å². The monoisotopic (exact) mass is 271 g/mol. The van der Waals surface area contributed by atoms with E-state index in [9.17, 15) is 4.79 Å². The third-order valence-electron chi connectivity index (χ3n) is 2.16. The number of nitrogens with one attached hydrogen (secondary N) is 1. The van der Waals surface area contributed by atoms with Crippen molar-refractivity contribution >= 4 is 39.3 Å². The minimum absolute atomic E-state index is 0.0526. The summed E-state index contributed by atoms with van der Waals surface area (Å²) in [6, 6.07) is 5.96. The van der Waals surface area contributed by atoms with Crippen molar-refractivity contribution < 1.29 is 4.79 Å². The Morgan fingerprint density at radius 3 is 3.07 bits per heavy atom. The second kappa shape index (κ2) is 3.95. The summed E-state index contributed by atoms with van der Waals surface area (Å²) in [6.45, 7) is 2.03. The van der Waals surface area contributed by atoms with Crippen LogP contribution < -0.4 is 5.32 Å². The van der Waals surface area contributed by atoms with Crippen molar-refractivity contribution in [2.24, 2.45) is 0 Å². The summed E-state index contributed by atoms with van der Waals surface area (Å²) in [5.74, 6) is 0.108. The van der Waals surface area contributed by atoms with Gasteiger partial charge in [0, 0.05) is 9.37 Å². The van der Waals surface area contributed by atoms with Crippen molar-refractivity contribution in [3.63, 3.8) is 0 Å². The Balaban J connectivity index is 2.40. The molecule has 1 aromatic carbocycles. The molecule has 1 unspecified atom stereocenters. The van der Waals surface area contributed by atoms with E-state index in [0.29, 0.717) is 0 Å². The van der Waals surface area contributed by atoms with Crippen LogP contribution in [0.2, 0.25) is 0 Å². The fourth-order valence-corrected chi connectivity index (χ4v) is 3.07. The van der Waals surface area contributed by atoms with E-state index in [0.717, 1.165) is 21.5 Å². The standard InChI is InChI=1S/C10H10BrNOS/c1-2-7-10(13)12-9-6(11)4-3-5-8(9)14-7/h3-5,7H,2H2,1H3,(H,12,13). The summed E-state index contributed by atoms with van der Waals surface area (Å²) >= 11 is 5.06. The van der Waals surface area contributed by atoms with E-state index in [1.54, 1.807) is 11.8 Å². The first kappa shape index (κ1) is 10.1. The molecule has 4 heteroatoms. The molecule has 0 saturated heterocycles. The van der Waals surface area contributed by atoms with Crippen molar-refractivity contribution in [2.75, 3.05) is 5.32 Å². The van der Waals surface area contributed by atoms with E-state index in [1.807, 2.05) is 25.1 Å². The van der Waals surface area contributed by atoms with E-state index in [1.165, 1.54) is 0 Å². The molecule has 1 amide bonds. The third kappa shape index (κ3) is 1.68. The maximum absolute atomic E-state index is 11.6. The number of fused-ring (bicyclic) bond motifs is 1. The topological polar surface area (TPSA) is 29.1 Å². The van der Waals surface area contributed by atoms with Crippen molar-refractivity contribution in [1.29, 1.82) is 0 Å². The van der Waals surface area contributed by atoms with Gasteiger partial charge in [0.05, 0.1) is 10.9 Å². The average Bonchev–Trinajstić information content (AvgIpc) is 2.19. The number of hydrogen-bond acceptors (Lipinski definition) is 2. The number of para-hydroxylation sites is 1. The third-order valence-corrected chi connectivity index (χ3v) is 4.24. The highest BCUT2D eigenvalue weighted by atomic mass is 79.9. The van der Waals surface area contributed by atoms with Crippen LogP contribution in [0.5, 0.6) is 0 Å². The lowest BCUT2D eigenvalue weighted by Gasteiger charge is -2.23. The van der Waals surface area contributed by atoms with Gasteiger partial charge in [-0.15, -0.1) is 11.8 Å². The first-order valence-electron chi connectivity index (χ1n) is 4.48. The smallest absolute Gasteiger partial charge is 0.237 e. The molecule has 2 nitrogen and oxygen atoms in total. The van der Waals surface area contributed by atoms with Crippen molar-refractivity contribution in [1.82, 2.24) is 0 Å². The molecule has 1 aliphatic heterocycles. The molecule has 1 aliphatic rings. The molecule has 1 aromatic rings. The molecule has 14 heavy (non-hydrogen) atoms. The quantitative estimate of drug-likeness (QED) is 0.850. The molecule has 1 N–H and O–H groups in total. The first-order valence-corrected chi connectivity index (χ1v) is 6.15. The molecular formula is C10H10BrNOS. The highest BCUT2D eigenvalue weighted by molar-refractivity contribution is 9.10. The first-order chi connectivity index (χ1) is 6.72. The molecule has 0 spiro atoms. The zero-order valence-electron chi connectivity index (χ0n) is 7.71. The van der Waals surface area contributed by atoms with Gasteiger partial charge in [-0.25, -0.2) is 0 Å². The fourth-order valence-electron chi connectivity index (χ4n) is 1.40. The van der Waals surface area contributed by atoms with Gasteiger partial charge in [-0.1, -0.05) is 13.0 Å². The number of rotatable bonds is 1. The fraction of sp³-hybridized carbons (Fsp3) is 0.300. The van der Waals surface area contributed by atoms with E-state index < -0.39 is 0 Å². The summed E-state index contributed by atoms with van der Waals surface area (Å²) in [4.78, 5) is 12.7. The minimum atomic E-state index is 0.0526. The second-order valence-corrected chi connectivity index (χ2v) is 5.22. The summed E-state index contributed by atoms with van der Waals surface area (Å²) in [7, 11) is 0. The molecule has 0 bridgehead atoms. The molecule has 1 heterocycles. The molecule has 2 rings (SSSR count). The number of benzene rings is 1.